The van der Waals surface area contributed by atoms with E-state index < -0.39 is 16.0 Å². The van der Waals surface area contributed by atoms with Gasteiger partial charge in [0.25, 0.3) is 5.91 Å². The van der Waals surface area contributed by atoms with Gasteiger partial charge >= 0.3 is 5.97 Å². The van der Waals surface area contributed by atoms with E-state index in [1.54, 1.807) is 17.0 Å². The first-order valence-electron chi connectivity index (χ1n) is 8.33. The Morgan fingerprint density at radius 3 is 2.52 bits per heavy atom. The zero-order chi connectivity index (χ0) is 18.6. The number of hydrogen-bond acceptors (Lipinski definition) is 5. The van der Waals surface area contributed by atoms with E-state index in [0.717, 1.165) is 5.56 Å². The highest BCUT2D eigenvalue weighted by molar-refractivity contribution is 7.92. The Kier molecular flexibility index (Phi) is 6.05. The lowest BCUT2D eigenvalue weighted by molar-refractivity contribution is -0.134. The summed E-state index contributed by atoms with van der Waals surface area (Å²) in [6, 6.07) is 4.81. The first kappa shape index (κ1) is 19.2. The van der Waals surface area contributed by atoms with Gasteiger partial charge in [-0.1, -0.05) is 0 Å². The van der Waals surface area contributed by atoms with Crippen LogP contribution in [0.4, 0.5) is 5.69 Å². The van der Waals surface area contributed by atoms with Gasteiger partial charge in [0.2, 0.25) is 10.0 Å². The maximum Gasteiger partial charge on any atom is 0.338 e. The molecule has 1 amide bonds. The van der Waals surface area contributed by atoms with E-state index in [0.29, 0.717) is 43.7 Å². The number of carbonyl (C=O) groups is 2. The number of amides is 1. The lowest BCUT2D eigenvalue weighted by atomic mass is 10.0. The zero-order valence-electron chi connectivity index (χ0n) is 14.8. The number of sulfonamides is 1. The molecule has 25 heavy (non-hydrogen) atoms. The molecule has 0 fully saturated rings. The largest absolute Gasteiger partial charge is 0.452 e. The molecule has 0 spiro atoms. The number of aryl methyl sites for hydroxylation is 1. The third-order valence-electron chi connectivity index (χ3n) is 4.23. The van der Waals surface area contributed by atoms with Crippen LogP contribution in [0.5, 0.6) is 0 Å². The third kappa shape index (κ3) is 4.50. The standard InChI is InChI=1S/C17H24N2O5S/c1-4-18(5-2)16(20)12-24-17(21)14-8-9-15-13(11-14)7-6-10-19(15)25(3,22)23/h8-9,11H,4-7,10,12H2,1-3H3. The second kappa shape index (κ2) is 7.86. The van der Waals surface area contributed by atoms with Crippen LogP contribution >= 0.6 is 0 Å². The summed E-state index contributed by atoms with van der Waals surface area (Å²) in [5, 5.41) is 0. The van der Waals surface area contributed by atoms with Gasteiger partial charge < -0.3 is 9.64 Å². The summed E-state index contributed by atoms with van der Waals surface area (Å²) >= 11 is 0. The van der Waals surface area contributed by atoms with E-state index in [4.69, 9.17) is 4.74 Å². The predicted molar refractivity (Wildman–Crippen MR) is 95.2 cm³/mol. The van der Waals surface area contributed by atoms with Gasteiger partial charge in [-0.2, -0.15) is 0 Å². The summed E-state index contributed by atoms with van der Waals surface area (Å²) in [6.07, 6.45) is 2.56. The fourth-order valence-corrected chi connectivity index (χ4v) is 3.91. The molecule has 1 heterocycles. The molecule has 0 aliphatic carbocycles. The Bertz CT molecular complexity index is 756. The Balaban J connectivity index is 2.11. The molecule has 0 saturated heterocycles. The van der Waals surface area contributed by atoms with Gasteiger partial charge in [0.05, 0.1) is 17.5 Å². The van der Waals surface area contributed by atoms with Crippen LogP contribution in [0.3, 0.4) is 0 Å². The van der Waals surface area contributed by atoms with E-state index in [-0.39, 0.29) is 12.5 Å². The topological polar surface area (TPSA) is 84.0 Å². The fourth-order valence-electron chi connectivity index (χ4n) is 2.91. The van der Waals surface area contributed by atoms with E-state index in [1.165, 1.54) is 16.6 Å². The summed E-state index contributed by atoms with van der Waals surface area (Å²) in [4.78, 5) is 25.7. The molecule has 8 heteroatoms. The lowest BCUT2D eigenvalue weighted by Gasteiger charge is -2.29. The number of nitrogens with zero attached hydrogens (tertiary/aromatic N) is 2. The molecule has 0 saturated carbocycles. The van der Waals surface area contributed by atoms with Crippen molar-refractivity contribution in [2.75, 3.05) is 36.8 Å². The van der Waals surface area contributed by atoms with Crippen molar-refractivity contribution in [3.8, 4) is 0 Å². The van der Waals surface area contributed by atoms with E-state index in [1.807, 2.05) is 13.8 Å². The first-order chi connectivity index (χ1) is 11.8. The van der Waals surface area contributed by atoms with Crippen molar-refractivity contribution in [1.29, 1.82) is 0 Å². The first-order valence-corrected chi connectivity index (χ1v) is 10.2. The number of esters is 1. The van der Waals surface area contributed by atoms with Gasteiger partial charge in [0, 0.05) is 19.6 Å². The van der Waals surface area contributed by atoms with E-state index in [9.17, 15) is 18.0 Å². The van der Waals surface area contributed by atoms with Crippen molar-refractivity contribution >= 4 is 27.6 Å². The van der Waals surface area contributed by atoms with Crippen molar-refractivity contribution in [2.45, 2.75) is 26.7 Å². The number of anilines is 1. The molecular weight excluding hydrogens is 344 g/mol. The molecule has 7 nitrogen and oxygen atoms in total. The fraction of sp³-hybridized carbons (Fsp3) is 0.529. The molecular formula is C17H24N2O5S. The minimum atomic E-state index is -3.34. The highest BCUT2D eigenvalue weighted by Gasteiger charge is 2.25. The summed E-state index contributed by atoms with van der Waals surface area (Å²) < 4.78 is 30.2. The summed E-state index contributed by atoms with van der Waals surface area (Å²) in [5.74, 6) is -0.820. The van der Waals surface area contributed by atoms with Gasteiger partial charge in [-0.05, 0) is 50.5 Å². The van der Waals surface area contributed by atoms with Crippen LogP contribution in [0.15, 0.2) is 18.2 Å². The Hall–Kier alpha value is -2.09. The molecule has 1 aromatic carbocycles. The predicted octanol–water partition coefficient (Wildman–Crippen LogP) is 1.42. The average molecular weight is 368 g/mol. The van der Waals surface area contributed by atoms with Crippen LogP contribution in [-0.4, -0.2) is 57.7 Å². The molecule has 0 N–H and O–H groups in total. The normalized spacial score (nSPS) is 14.0. The molecule has 1 aliphatic rings. The monoisotopic (exact) mass is 368 g/mol. The second-order valence-corrected chi connectivity index (χ2v) is 7.83. The van der Waals surface area contributed by atoms with Gasteiger partial charge in [0.1, 0.15) is 0 Å². The van der Waals surface area contributed by atoms with Crippen molar-refractivity contribution in [2.24, 2.45) is 0 Å². The average Bonchev–Trinajstić information content (AvgIpc) is 2.58. The van der Waals surface area contributed by atoms with Gasteiger partial charge in [0.15, 0.2) is 6.61 Å². The lowest BCUT2D eigenvalue weighted by Crippen LogP contribution is -2.35. The number of fused-ring (bicyclic) bond motifs is 1. The number of carbonyl (C=O) groups excluding carboxylic acids is 2. The van der Waals surface area contributed by atoms with Crippen LogP contribution in [0.25, 0.3) is 0 Å². The molecule has 0 unspecified atom stereocenters. The minimum absolute atomic E-state index is 0.237. The summed E-state index contributed by atoms with van der Waals surface area (Å²) in [5.41, 5.74) is 1.71. The highest BCUT2D eigenvalue weighted by Crippen LogP contribution is 2.30. The molecule has 0 radical (unpaired) electrons. The van der Waals surface area contributed by atoms with E-state index >= 15 is 0 Å². The number of hydrogen-bond donors (Lipinski definition) is 0. The number of rotatable bonds is 6. The second-order valence-electron chi connectivity index (χ2n) is 5.92. The highest BCUT2D eigenvalue weighted by atomic mass is 32.2. The molecule has 138 valence electrons. The summed E-state index contributed by atoms with van der Waals surface area (Å²) in [7, 11) is -3.34. The Morgan fingerprint density at radius 2 is 1.92 bits per heavy atom. The van der Waals surface area contributed by atoms with Gasteiger partial charge in [-0.3, -0.25) is 9.10 Å². The van der Waals surface area contributed by atoms with Gasteiger partial charge in [-0.25, -0.2) is 13.2 Å². The van der Waals surface area contributed by atoms with E-state index in [2.05, 4.69) is 0 Å². The summed E-state index contributed by atoms with van der Waals surface area (Å²) in [6.45, 7) is 4.99. The van der Waals surface area contributed by atoms with Crippen LogP contribution in [0.2, 0.25) is 0 Å². The Morgan fingerprint density at radius 1 is 1.24 bits per heavy atom. The van der Waals surface area contributed by atoms with Crippen LogP contribution < -0.4 is 4.31 Å². The number of ether oxygens (including phenoxy) is 1. The molecule has 0 aromatic heterocycles. The van der Waals surface area contributed by atoms with Crippen molar-refractivity contribution in [1.82, 2.24) is 4.90 Å². The molecule has 0 bridgehead atoms. The smallest absolute Gasteiger partial charge is 0.338 e. The zero-order valence-corrected chi connectivity index (χ0v) is 15.6. The van der Waals surface area contributed by atoms with Crippen LogP contribution in [0.1, 0.15) is 36.2 Å². The van der Waals surface area contributed by atoms with Crippen molar-refractivity contribution in [3.63, 3.8) is 0 Å². The molecule has 2 rings (SSSR count). The van der Waals surface area contributed by atoms with Crippen molar-refractivity contribution < 1.29 is 22.7 Å². The number of likely N-dealkylation sites (N-methyl/N-ethyl adjacent to an activating group) is 1. The quantitative estimate of drug-likeness (QED) is 0.709. The third-order valence-corrected chi connectivity index (χ3v) is 5.41. The molecule has 1 aliphatic heterocycles. The maximum absolute atomic E-state index is 12.2. The Labute approximate surface area is 148 Å². The number of benzene rings is 1. The molecule has 1 aromatic rings. The maximum atomic E-state index is 12.2. The van der Waals surface area contributed by atoms with Gasteiger partial charge in [-0.15, -0.1) is 0 Å². The molecule has 0 atom stereocenters. The SMILES string of the molecule is CCN(CC)C(=O)COC(=O)c1ccc2c(c1)CCCN2S(C)(=O)=O. The van der Waals surface area contributed by atoms with Crippen LogP contribution in [0, 0.1) is 0 Å². The minimum Gasteiger partial charge on any atom is -0.452 e. The van der Waals surface area contributed by atoms with Crippen LogP contribution in [-0.2, 0) is 26.0 Å². The van der Waals surface area contributed by atoms with Crippen molar-refractivity contribution in [3.05, 3.63) is 29.3 Å².